The summed E-state index contributed by atoms with van der Waals surface area (Å²) < 4.78 is 27.9. The van der Waals surface area contributed by atoms with Crippen molar-refractivity contribution in [3.05, 3.63) is 76.5 Å². The van der Waals surface area contributed by atoms with E-state index in [1.165, 1.54) is 17.2 Å². The summed E-state index contributed by atoms with van der Waals surface area (Å²) in [4.78, 5) is 11.9. The number of nitrogens with zero attached hydrogens (tertiary/aromatic N) is 3. The molecule has 1 atom stereocenters. The van der Waals surface area contributed by atoms with Crippen LogP contribution < -0.4 is 10.7 Å². The van der Waals surface area contributed by atoms with E-state index in [9.17, 15) is 8.78 Å². The summed E-state index contributed by atoms with van der Waals surface area (Å²) in [5.74, 6) is -0.912. The highest BCUT2D eigenvalue weighted by atomic mass is 19.1. The molecule has 1 aromatic carbocycles. The van der Waals surface area contributed by atoms with Gasteiger partial charge in [-0.3, -0.25) is 10.4 Å². The van der Waals surface area contributed by atoms with Crippen molar-refractivity contribution in [2.45, 2.75) is 33.7 Å². The molecule has 0 amide bonds. The number of aromatic nitrogens is 3. The third-order valence-corrected chi connectivity index (χ3v) is 6.36. The zero-order valence-corrected chi connectivity index (χ0v) is 18.2. The van der Waals surface area contributed by atoms with Gasteiger partial charge in [-0.25, -0.2) is 13.8 Å². The Labute approximate surface area is 184 Å². The Bertz CT molecular complexity index is 1320. The van der Waals surface area contributed by atoms with Crippen molar-refractivity contribution in [3.8, 4) is 0 Å². The van der Waals surface area contributed by atoms with Gasteiger partial charge in [0.1, 0.15) is 17.0 Å². The van der Waals surface area contributed by atoms with Crippen LogP contribution >= 0.6 is 0 Å². The molecule has 0 fully saturated rings. The highest BCUT2D eigenvalue weighted by Crippen LogP contribution is 2.45. The van der Waals surface area contributed by atoms with Crippen LogP contribution in [-0.2, 0) is 6.54 Å². The number of rotatable bonds is 5. The Morgan fingerprint density at radius 3 is 2.84 bits per heavy atom. The molecule has 0 saturated carbocycles. The van der Waals surface area contributed by atoms with Gasteiger partial charge in [-0.05, 0) is 61.2 Å². The van der Waals surface area contributed by atoms with Crippen LogP contribution in [0.5, 0.6) is 0 Å². The van der Waals surface area contributed by atoms with Crippen LogP contribution in [0.3, 0.4) is 0 Å². The van der Waals surface area contributed by atoms with Crippen molar-refractivity contribution in [2.75, 3.05) is 6.54 Å². The average Bonchev–Trinajstić information content (AvgIpc) is 3.32. The van der Waals surface area contributed by atoms with Gasteiger partial charge in [-0.2, -0.15) is 5.10 Å². The average molecular weight is 434 g/mol. The second kappa shape index (κ2) is 7.63. The number of hydrogen-bond acceptors (Lipinski definition) is 5. The van der Waals surface area contributed by atoms with E-state index < -0.39 is 17.0 Å². The fraction of sp³-hybridized carbons (Fsp3) is 0.292. The first-order valence-corrected chi connectivity index (χ1v) is 10.7. The van der Waals surface area contributed by atoms with Crippen molar-refractivity contribution in [3.63, 3.8) is 0 Å². The zero-order chi connectivity index (χ0) is 22.5. The van der Waals surface area contributed by atoms with Gasteiger partial charge < -0.3 is 10.3 Å². The summed E-state index contributed by atoms with van der Waals surface area (Å²) in [6.07, 6.45) is 8.59. The van der Waals surface area contributed by atoms with Crippen LogP contribution in [0.1, 0.15) is 42.8 Å². The number of hydrogen-bond donors (Lipinski definition) is 3. The first-order chi connectivity index (χ1) is 15.4. The SMILES string of the molecule is CCNCc1cncc(C2=CC=C3NN=C(c4nc5c(F)cc(F)cc5[nH]4)C3(C)C2)c1C. The topological polar surface area (TPSA) is 78.0 Å². The van der Waals surface area contributed by atoms with E-state index in [0.717, 1.165) is 36.0 Å². The maximum atomic E-state index is 14.2. The molecule has 8 heteroatoms. The number of halogens is 2. The van der Waals surface area contributed by atoms with Crippen LogP contribution in [0.2, 0.25) is 0 Å². The summed E-state index contributed by atoms with van der Waals surface area (Å²) >= 11 is 0. The summed E-state index contributed by atoms with van der Waals surface area (Å²) in [5.41, 5.74) is 9.23. The molecule has 6 nitrogen and oxygen atoms in total. The second-order valence-electron chi connectivity index (χ2n) is 8.47. The zero-order valence-electron chi connectivity index (χ0n) is 18.2. The minimum absolute atomic E-state index is 0.105. The highest BCUT2D eigenvalue weighted by molar-refractivity contribution is 6.08. The minimum Gasteiger partial charge on any atom is -0.337 e. The molecule has 3 aromatic rings. The molecule has 0 bridgehead atoms. The molecule has 3 heterocycles. The largest absolute Gasteiger partial charge is 0.337 e. The van der Waals surface area contributed by atoms with Gasteiger partial charge in [0.05, 0.1) is 10.9 Å². The fourth-order valence-electron chi connectivity index (χ4n) is 4.50. The molecular weight excluding hydrogens is 410 g/mol. The summed E-state index contributed by atoms with van der Waals surface area (Å²) in [6.45, 7) is 7.94. The van der Waals surface area contributed by atoms with Crippen LogP contribution in [0, 0.1) is 24.0 Å². The maximum absolute atomic E-state index is 14.2. The number of benzene rings is 1. The fourth-order valence-corrected chi connectivity index (χ4v) is 4.50. The molecule has 0 radical (unpaired) electrons. The van der Waals surface area contributed by atoms with E-state index in [1.54, 1.807) is 0 Å². The van der Waals surface area contributed by atoms with Gasteiger partial charge in [0.15, 0.2) is 11.6 Å². The van der Waals surface area contributed by atoms with E-state index in [-0.39, 0.29) is 5.52 Å². The number of aromatic amines is 1. The van der Waals surface area contributed by atoms with Crippen molar-refractivity contribution in [1.29, 1.82) is 0 Å². The third kappa shape index (κ3) is 3.22. The van der Waals surface area contributed by atoms with Crippen molar-refractivity contribution < 1.29 is 8.78 Å². The van der Waals surface area contributed by atoms with Gasteiger partial charge in [0.2, 0.25) is 0 Å². The van der Waals surface area contributed by atoms with Crippen molar-refractivity contribution >= 4 is 22.3 Å². The Hall–Kier alpha value is -3.39. The second-order valence-corrected chi connectivity index (χ2v) is 8.47. The molecule has 1 aliphatic carbocycles. The number of imidazole rings is 1. The molecule has 1 aliphatic heterocycles. The number of pyridine rings is 1. The molecule has 0 saturated heterocycles. The van der Waals surface area contributed by atoms with E-state index in [1.807, 2.05) is 18.5 Å². The normalized spacial score (nSPS) is 20.0. The summed E-state index contributed by atoms with van der Waals surface area (Å²) in [7, 11) is 0. The summed E-state index contributed by atoms with van der Waals surface area (Å²) in [6, 6.07) is 2.08. The lowest BCUT2D eigenvalue weighted by atomic mass is 9.72. The number of fused-ring (bicyclic) bond motifs is 2. The first-order valence-electron chi connectivity index (χ1n) is 10.7. The molecule has 3 N–H and O–H groups in total. The third-order valence-electron chi connectivity index (χ3n) is 6.36. The van der Waals surface area contributed by atoms with E-state index in [0.29, 0.717) is 23.5 Å². The molecule has 2 aromatic heterocycles. The van der Waals surface area contributed by atoms with Crippen LogP contribution in [0.15, 0.2) is 47.5 Å². The molecule has 5 rings (SSSR count). The van der Waals surface area contributed by atoms with Gasteiger partial charge >= 0.3 is 0 Å². The van der Waals surface area contributed by atoms with Gasteiger partial charge in [-0.15, -0.1) is 0 Å². The first kappa shape index (κ1) is 20.5. The van der Waals surface area contributed by atoms with Crippen LogP contribution in [-0.4, -0.2) is 27.2 Å². The van der Waals surface area contributed by atoms with Crippen LogP contribution in [0.4, 0.5) is 8.78 Å². The Morgan fingerprint density at radius 1 is 1.19 bits per heavy atom. The lowest BCUT2D eigenvalue weighted by Crippen LogP contribution is -2.31. The molecule has 2 aliphatic rings. The van der Waals surface area contributed by atoms with E-state index in [4.69, 9.17) is 0 Å². The molecule has 164 valence electrons. The number of nitrogens with one attached hydrogen (secondary N) is 3. The van der Waals surface area contributed by atoms with Gasteiger partial charge in [-0.1, -0.05) is 13.0 Å². The van der Waals surface area contributed by atoms with Gasteiger partial charge in [0.25, 0.3) is 0 Å². The standard InChI is InChI=1S/C24H24F2N6/c1-4-27-10-15-11-28-12-17(13(15)2)14-5-6-20-24(3,9-14)22(32-31-20)23-29-19-8-16(25)7-18(26)21(19)30-23/h5-8,11-12,27,31H,4,9-10H2,1-3H3,(H,29,30). The van der Waals surface area contributed by atoms with E-state index >= 15 is 0 Å². The van der Waals surface area contributed by atoms with Crippen LogP contribution in [0.25, 0.3) is 16.6 Å². The molecule has 0 spiro atoms. The number of hydrazone groups is 1. The summed E-state index contributed by atoms with van der Waals surface area (Å²) in [5, 5.41) is 7.87. The lowest BCUT2D eigenvalue weighted by molar-refractivity contribution is 0.559. The monoisotopic (exact) mass is 434 g/mol. The molecule has 32 heavy (non-hydrogen) atoms. The van der Waals surface area contributed by atoms with Crippen molar-refractivity contribution in [1.82, 2.24) is 25.7 Å². The van der Waals surface area contributed by atoms with Crippen molar-refractivity contribution in [2.24, 2.45) is 10.5 Å². The Kier molecular flexibility index (Phi) is 4.89. The van der Waals surface area contributed by atoms with Gasteiger partial charge in [0, 0.05) is 30.7 Å². The van der Waals surface area contributed by atoms with E-state index in [2.05, 4.69) is 57.6 Å². The number of H-pyrrole nitrogens is 1. The lowest BCUT2D eigenvalue weighted by Gasteiger charge is -2.30. The predicted molar refractivity (Wildman–Crippen MR) is 121 cm³/mol. The quantitative estimate of drug-likeness (QED) is 0.558. The molecule has 1 unspecified atom stereocenters. The Morgan fingerprint density at radius 2 is 2.03 bits per heavy atom. The predicted octanol–water partition coefficient (Wildman–Crippen LogP) is 4.34. The smallest absolute Gasteiger partial charge is 0.155 e. The Balaban J connectivity index is 1.51. The highest BCUT2D eigenvalue weighted by Gasteiger charge is 2.44. The molecular formula is C24H24F2N6. The maximum Gasteiger partial charge on any atom is 0.155 e. The minimum atomic E-state index is -0.696. The number of allylic oxidation sites excluding steroid dienone is 4.